The molecule has 6 atom stereocenters. The summed E-state index contributed by atoms with van der Waals surface area (Å²) in [5, 5.41) is 11.7. The predicted molar refractivity (Wildman–Crippen MR) is 180 cm³/mol. The number of carboxylic acid groups (broad SMARTS) is 1. The van der Waals surface area contributed by atoms with E-state index in [0.29, 0.717) is 11.8 Å². The van der Waals surface area contributed by atoms with Crippen molar-refractivity contribution >= 4 is 24.0 Å². The van der Waals surface area contributed by atoms with E-state index in [-0.39, 0.29) is 49.1 Å². The largest absolute Gasteiger partial charge is 0.465 e. The number of likely N-dealkylation sites (N-methyl/N-ethyl adjacent to an activating group) is 1. The summed E-state index contributed by atoms with van der Waals surface area (Å²) in [6.07, 6.45) is 5.45. The van der Waals surface area contributed by atoms with E-state index in [2.05, 4.69) is 54.3 Å². The Morgan fingerprint density at radius 1 is 0.780 bits per heavy atom. The molecule has 4 fully saturated rings. The SMILES string of the molecule is COC(=O)NCC(=O)N1[C@H](c2ncc(-c3ccc(-c4ccc(-c5cnc([C@@H]6C[C@@H]7C[C@@H]7N6C(=O)CN(C)C(=O)O)[nH]5)cc4)cc3)[nH]2)C[C@H]2C[C@@H]21. The highest BCUT2D eigenvalue weighted by atomic mass is 16.5. The third-order valence-electron chi connectivity index (χ3n) is 10.6. The molecule has 14 heteroatoms. The molecule has 4 N–H and O–H groups in total. The van der Waals surface area contributed by atoms with Crippen LogP contribution in [0, 0.1) is 11.8 Å². The summed E-state index contributed by atoms with van der Waals surface area (Å²) in [4.78, 5) is 69.6. The Labute approximate surface area is 287 Å². The molecule has 4 heterocycles. The number of methoxy groups -OCH3 is 1. The van der Waals surface area contributed by atoms with E-state index in [4.69, 9.17) is 0 Å². The second-order valence-corrected chi connectivity index (χ2v) is 13.7. The van der Waals surface area contributed by atoms with Gasteiger partial charge in [-0.15, -0.1) is 0 Å². The first-order chi connectivity index (χ1) is 24.2. The fourth-order valence-corrected chi connectivity index (χ4v) is 7.77. The minimum absolute atomic E-state index is 0.108. The molecule has 2 aliphatic heterocycles. The number of rotatable bonds is 9. The first-order valence-electron chi connectivity index (χ1n) is 16.9. The molecule has 4 amide bonds. The van der Waals surface area contributed by atoms with Crippen LogP contribution in [0.4, 0.5) is 9.59 Å². The number of carbonyl (C=O) groups is 4. The number of aromatic amines is 2. The molecule has 2 aromatic heterocycles. The maximum absolute atomic E-state index is 13.0. The zero-order valence-corrected chi connectivity index (χ0v) is 27.7. The van der Waals surface area contributed by atoms with Gasteiger partial charge in [0.05, 0.1) is 43.0 Å². The lowest BCUT2D eigenvalue weighted by Crippen LogP contribution is -2.42. The van der Waals surface area contributed by atoms with E-state index in [1.807, 2.05) is 34.1 Å². The zero-order valence-electron chi connectivity index (χ0n) is 27.7. The van der Waals surface area contributed by atoms with Gasteiger partial charge in [-0.05, 0) is 59.8 Å². The normalized spacial score (nSPS) is 24.4. The Morgan fingerprint density at radius 2 is 1.24 bits per heavy atom. The van der Waals surface area contributed by atoms with Crippen LogP contribution in [0.3, 0.4) is 0 Å². The van der Waals surface area contributed by atoms with Gasteiger partial charge in [-0.1, -0.05) is 48.5 Å². The van der Waals surface area contributed by atoms with Crippen molar-refractivity contribution in [3.05, 3.63) is 72.6 Å². The van der Waals surface area contributed by atoms with Crippen LogP contribution in [0.5, 0.6) is 0 Å². The zero-order chi connectivity index (χ0) is 34.7. The number of hydrogen-bond acceptors (Lipinski definition) is 7. The summed E-state index contributed by atoms with van der Waals surface area (Å²) < 4.78 is 4.60. The van der Waals surface area contributed by atoms with Crippen molar-refractivity contribution in [1.29, 1.82) is 0 Å². The lowest BCUT2D eigenvalue weighted by molar-refractivity contribution is -0.134. The van der Waals surface area contributed by atoms with Gasteiger partial charge in [0.2, 0.25) is 11.8 Å². The van der Waals surface area contributed by atoms with E-state index < -0.39 is 12.2 Å². The predicted octanol–water partition coefficient (Wildman–Crippen LogP) is 4.42. The van der Waals surface area contributed by atoms with Crippen LogP contribution in [0.25, 0.3) is 33.6 Å². The summed E-state index contributed by atoms with van der Waals surface area (Å²) in [5.74, 6) is 2.04. The minimum atomic E-state index is -1.13. The van der Waals surface area contributed by atoms with Gasteiger partial charge in [0.25, 0.3) is 0 Å². The van der Waals surface area contributed by atoms with Crippen molar-refractivity contribution in [3.8, 4) is 33.6 Å². The van der Waals surface area contributed by atoms with E-state index in [0.717, 1.165) is 75.9 Å². The third-order valence-corrected chi connectivity index (χ3v) is 10.6. The van der Waals surface area contributed by atoms with Crippen molar-refractivity contribution in [1.82, 2.24) is 40.0 Å². The van der Waals surface area contributed by atoms with Crippen LogP contribution in [0.1, 0.15) is 49.4 Å². The number of fused-ring (bicyclic) bond motifs is 2. The molecular formula is C36H38N8O6. The van der Waals surface area contributed by atoms with E-state index >= 15 is 0 Å². The average molecular weight is 679 g/mol. The topological polar surface area (TPSA) is 177 Å². The van der Waals surface area contributed by atoms with Gasteiger partial charge in [0.1, 0.15) is 24.7 Å². The quantitative estimate of drug-likeness (QED) is 0.201. The summed E-state index contributed by atoms with van der Waals surface area (Å²) in [7, 11) is 2.68. The maximum Gasteiger partial charge on any atom is 0.407 e. The van der Waals surface area contributed by atoms with Crippen LogP contribution in [0.15, 0.2) is 60.9 Å². The molecule has 2 aliphatic carbocycles. The highest BCUT2D eigenvalue weighted by Gasteiger charge is 2.56. The van der Waals surface area contributed by atoms with E-state index in [1.165, 1.54) is 14.2 Å². The first kappa shape index (κ1) is 31.6. The number of piperidine rings is 2. The Bertz CT molecular complexity index is 1950. The monoisotopic (exact) mass is 678 g/mol. The number of hydrogen-bond donors (Lipinski definition) is 4. The van der Waals surface area contributed by atoms with Gasteiger partial charge in [-0.2, -0.15) is 0 Å². The molecule has 8 rings (SSSR count). The number of benzene rings is 2. The highest BCUT2D eigenvalue weighted by molar-refractivity contribution is 5.84. The number of nitrogens with zero attached hydrogens (tertiary/aromatic N) is 5. The van der Waals surface area contributed by atoms with Crippen LogP contribution >= 0.6 is 0 Å². The number of amides is 4. The smallest absolute Gasteiger partial charge is 0.407 e. The highest BCUT2D eigenvalue weighted by Crippen LogP contribution is 2.54. The number of imidazole rings is 2. The molecule has 0 radical (unpaired) electrons. The van der Waals surface area contributed by atoms with Crippen LogP contribution in [0.2, 0.25) is 0 Å². The van der Waals surface area contributed by atoms with Crippen molar-refractivity contribution in [2.45, 2.75) is 49.9 Å². The summed E-state index contributed by atoms with van der Waals surface area (Å²) in [6.45, 7) is -0.279. The summed E-state index contributed by atoms with van der Waals surface area (Å²) >= 11 is 0. The van der Waals surface area contributed by atoms with Gasteiger partial charge >= 0.3 is 12.2 Å². The molecule has 50 heavy (non-hydrogen) atoms. The van der Waals surface area contributed by atoms with Gasteiger partial charge < -0.3 is 39.8 Å². The number of nitrogens with one attached hydrogen (secondary N) is 3. The van der Waals surface area contributed by atoms with Crippen molar-refractivity contribution in [2.75, 3.05) is 27.2 Å². The summed E-state index contributed by atoms with van der Waals surface area (Å²) in [5.41, 5.74) is 5.79. The van der Waals surface area contributed by atoms with Gasteiger partial charge in [-0.25, -0.2) is 19.6 Å². The Morgan fingerprint density at radius 3 is 1.70 bits per heavy atom. The molecule has 0 unspecified atom stereocenters. The minimum Gasteiger partial charge on any atom is -0.465 e. The second-order valence-electron chi connectivity index (χ2n) is 13.7. The molecular weight excluding hydrogens is 640 g/mol. The molecule has 2 saturated heterocycles. The molecule has 258 valence electrons. The number of alkyl carbamates (subject to hydrolysis) is 1. The van der Waals surface area contributed by atoms with Crippen molar-refractivity contribution in [2.24, 2.45) is 11.8 Å². The van der Waals surface area contributed by atoms with Gasteiger partial charge in [0.15, 0.2) is 0 Å². The van der Waals surface area contributed by atoms with Gasteiger partial charge in [0, 0.05) is 19.1 Å². The maximum atomic E-state index is 13.0. The molecule has 0 bridgehead atoms. The average Bonchev–Trinajstić information content (AvgIpc) is 3.71. The first-order valence-corrected chi connectivity index (χ1v) is 16.9. The van der Waals surface area contributed by atoms with Crippen LogP contribution < -0.4 is 5.32 Å². The second kappa shape index (κ2) is 12.3. The number of aromatic nitrogens is 4. The number of H-pyrrole nitrogens is 2. The van der Waals surface area contributed by atoms with E-state index in [1.54, 1.807) is 12.4 Å². The van der Waals surface area contributed by atoms with Crippen LogP contribution in [-0.2, 0) is 14.3 Å². The lowest BCUT2D eigenvalue weighted by atomic mass is 10.0. The Kier molecular flexibility index (Phi) is 7.80. The van der Waals surface area contributed by atoms with Crippen molar-refractivity contribution < 1.29 is 29.0 Å². The summed E-state index contributed by atoms with van der Waals surface area (Å²) in [6, 6.07) is 16.4. The molecule has 2 saturated carbocycles. The molecule has 4 aromatic rings. The van der Waals surface area contributed by atoms with Gasteiger partial charge in [-0.3, -0.25) is 9.59 Å². The van der Waals surface area contributed by atoms with Crippen LogP contribution in [-0.4, -0.2) is 103 Å². The fourth-order valence-electron chi connectivity index (χ4n) is 7.77. The molecule has 14 nitrogen and oxygen atoms in total. The fraction of sp³-hybridized carbons (Fsp3) is 0.389. The number of likely N-dealkylation sites (tertiary alicyclic amines) is 2. The standard InChI is InChI=1S/C36H38N8O6/c1-42(36(48)49)18-32(46)44-28-12-24(28)14-30(44)34-38-16-26(41-34)22-9-5-20(6-10-22)19-3-7-21(8-4-19)25-15-37-33(40-25)29-13-23-11-27(23)43(29)31(45)17-39-35(47)50-2/h3-10,15-16,23-24,27-30H,11-14,17-18H2,1-2H3,(H,37,40)(H,38,41)(H,39,47)(H,48,49)/t23-,24+,27+,28+,29+,30+/m1/s1. The lowest BCUT2D eigenvalue weighted by Gasteiger charge is -2.27. The molecule has 4 aliphatic rings. The Balaban J connectivity index is 0.918. The number of carbonyl (C=O) groups excluding carboxylic acids is 3. The Hall–Kier alpha value is -5.66. The molecule has 2 aromatic carbocycles. The number of ether oxygens (including phenoxy) is 1. The third kappa shape index (κ3) is 5.84. The molecule has 0 spiro atoms. The van der Waals surface area contributed by atoms with Crippen molar-refractivity contribution in [3.63, 3.8) is 0 Å². The van der Waals surface area contributed by atoms with E-state index in [9.17, 15) is 24.3 Å².